The van der Waals surface area contributed by atoms with Gasteiger partial charge in [0.2, 0.25) is 0 Å². The van der Waals surface area contributed by atoms with Crippen LogP contribution in [0, 0.1) is 5.82 Å². The monoisotopic (exact) mass is 591 g/mol. The standard InChI is InChI=1S/C32H28F7NO2/c1-20(2)21-7-5-9-25(16-21)42-26-10-6-8-24(17-26)40(18-22-15-23(31(34,35)36)13-14-29(22)33)30(19-41)27-11-3-4-12-28(27)32(37,38)39/h3-17,20,30,41H,18-19H2,1-2H3. The van der Waals surface area contributed by atoms with E-state index < -0.39 is 54.1 Å². The Hall–Kier alpha value is -4.05. The molecular weight excluding hydrogens is 563 g/mol. The molecule has 0 radical (unpaired) electrons. The van der Waals surface area contributed by atoms with Crippen molar-refractivity contribution in [3.63, 3.8) is 0 Å². The zero-order valence-electron chi connectivity index (χ0n) is 22.7. The van der Waals surface area contributed by atoms with Crippen molar-refractivity contribution < 1.29 is 40.6 Å². The second kappa shape index (κ2) is 12.4. The number of halogens is 7. The topological polar surface area (TPSA) is 32.7 Å². The van der Waals surface area contributed by atoms with Crippen molar-refractivity contribution in [1.29, 1.82) is 0 Å². The van der Waals surface area contributed by atoms with Crippen LogP contribution in [0.1, 0.15) is 53.6 Å². The highest BCUT2D eigenvalue weighted by Crippen LogP contribution is 2.40. The van der Waals surface area contributed by atoms with E-state index in [0.29, 0.717) is 23.9 Å². The van der Waals surface area contributed by atoms with Crippen molar-refractivity contribution in [2.75, 3.05) is 11.5 Å². The maximum atomic E-state index is 14.9. The van der Waals surface area contributed by atoms with Gasteiger partial charge in [-0.15, -0.1) is 0 Å². The fraction of sp³-hybridized carbons (Fsp3) is 0.250. The molecule has 10 heteroatoms. The summed E-state index contributed by atoms with van der Waals surface area (Å²) >= 11 is 0. The maximum Gasteiger partial charge on any atom is 0.416 e. The van der Waals surface area contributed by atoms with Crippen LogP contribution in [-0.2, 0) is 18.9 Å². The van der Waals surface area contributed by atoms with Gasteiger partial charge in [-0.2, -0.15) is 26.3 Å². The number of ether oxygens (including phenoxy) is 1. The molecule has 0 saturated carbocycles. The van der Waals surface area contributed by atoms with Gasteiger partial charge in [0.05, 0.1) is 23.8 Å². The minimum atomic E-state index is -4.79. The minimum Gasteiger partial charge on any atom is -0.457 e. The predicted octanol–water partition coefficient (Wildman–Crippen LogP) is 9.52. The van der Waals surface area contributed by atoms with Gasteiger partial charge in [-0.3, -0.25) is 0 Å². The lowest BCUT2D eigenvalue weighted by atomic mass is 9.97. The highest BCUT2D eigenvalue weighted by atomic mass is 19.4. The Bertz CT molecular complexity index is 1520. The molecule has 3 nitrogen and oxygen atoms in total. The Labute approximate surface area is 238 Å². The van der Waals surface area contributed by atoms with Crippen molar-refractivity contribution in [2.45, 2.75) is 44.7 Å². The van der Waals surface area contributed by atoms with Crippen molar-refractivity contribution in [3.8, 4) is 11.5 Å². The number of alkyl halides is 6. The number of rotatable bonds is 9. The van der Waals surface area contributed by atoms with E-state index in [-0.39, 0.29) is 22.9 Å². The van der Waals surface area contributed by atoms with E-state index >= 15 is 0 Å². The van der Waals surface area contributed by atoms with E-state index in [1.54, 1.807) is 18.2 Å². The van der Waals surface area contributed by atoms with Crippen LogP contribution >= 0.6 is 0 Å². The molecular formula is C32H28F7NO2. The molecule has 0 aliphatic carbocycles. The molecule has 0 heterocycles. The lowest BCUT2D eigenvalue weighted by Crippen LogP contribution is -2.33. The van der Waals surface area contributed by atoms with Crippen LogP contribution in [0.15, 0.2) is 91.0 Å². The second-order valence-corrected chi connectivity index (χ2v) is 10.0. The average molecular weight is 592 g/mol. The number of benzene rings is 4. The van der Waals surface area contributed by atoms with E-state index in [1.807, 2.05) is 32.0 Å². The quantitative estimate of drug-likeness (QED) is 0.197. The van der Waals surface area contributed by atoms with Crippen LogP contribution in [0.4, 0.5) is 36.4 Å². The average Bonchev–Trinajstić information content (AvgIpc) is 2.93. The van der Waals surface area contributed by atoms with Gasteiger partial charge in [0, 0.05) is 23.9 Å². The molecule has 0 aromatic heterocycles. The molecule has 4 rings (SSSR count). The summed E-state index contributed by atoms with van der Waals surface area (Å²) in [4.78, 5) is 1.24. The van der Waals surface area contributed by atoms with Crippen LogP contribution in [0.5, 0.6) is 11.5 Å². The first-order valence-corrected chi connectivity index (χ1v) is 13.0. The second-order valence-electron chi connectivity index (χ2n) is 10.0. The van der Waals surface area contributed by atoms with E-state index in [2.05, 4.69) is 0 Å². The summed E-state index contributed by atoms with van der Waals surface area (Å²) in [6.45, 7) is 2.59. The molecule has 1 unspecified atom stereocenters. The Morgan fingerprint density at radius 3 is 2.07 bits per heavy atom. The molecule has 0 aliphatic rings. The van der Waals surface area contributed by atoms with Crippen LogP contribution < -0.4 is 9.64 Å². The van der Waals surface area contributed by atoms with Crippen LogP contribution in [0.3, 0.4) is 0 Å². The molecule has 0 fully saturated rings. The Morgan fingerprint density at radius 1 is 0.762 bits per heavy atom. The van der Waals surface area contributed by atoms with E-state index in [1.165, 1.54) is 35.2 Å². The van der Waals surface area contributed by atoms with Crippen molar-refractivity contribution >= 4 is 5.69 Å². The molecule has 0 aliphatic heterocycles. The molecule has 4 aromatic rings. The molecule has 1 atom stereocenters. The van der Waals surface area contributed by atoms with Crippen LogP contribution in [-0.4, -0.2) is 11.7 Å². The summed E-state index contributed by atoms with van der Waals surface area (Å²) in [6.07, 6.45) is -9.56. The first-order valence-electron chi connectivity index (χ1n) is 13.0. The number of aliphatic hydroxyl groups excluding tert-OH is 1. The highest BCUT2D eigenvalue weighted by Gasteiger charge is 2.37. The molecule has 0 saturated heterocycles. The van der Waals surface area contributed by atoms with Crippen LogP contribution in [0.2, 0.25) is 0 Å². The van der Waals surface area contributed by atoms with E-state index in [9.17, 15) is 35.8 Å². The van der Waals surface area contributed by atoms with Gasteiger partial charge in [-0.25, -0.2) is 4.39 Å². The number of aliphatic hydroxyl groups is 1. The zero-order valence-corrected chi connectivity index (χ0v) is 22.7. The molecule has 4 aromatic carbocycles. The van der Waals surface area contributed by atoms with Gasteiger partial charge in [-0.05, 0) is 65.6 Å². The number of nitrogens with zero attached hydrogens (tertiary/aromatic N) is 1. The largest absolute Gasteiger partial charge is 0.457 e. The normalized spacial score (nSPS) is 12.8. The molecule has 42 heavy (non-hydrogen) atoms. The third kappa shape index (κ3) is 7.23. The fourth-order valence-electron chi connectivity index (χ4n) is 4.65. The van der Waals surface area contributed by atoms with Gasteiger partial charge in [0.25, 0.3) is 0 Å². The van der Waals surface area contributed by atoms with Crippen LogP contribution in [0.25, 0.3) is 0 Å². The number of anilines is 1. The first kappa shape index (κ1) is 30.9. The van der Waals surface area contributed by atoms with Gasteiger partial charge < -0.3 is 14.7 Å². The van der Waals surface area contributed by atoms with Crippen molar-refractivity contribution in [2.24, 2.45) is 0 Å². The predicted molar refractivity (Wildman–Crippen MR) is 146 cm³/mol. The summed E-state index contributed by atoms with van der Waals surface area (Å²) in [6, 6.07) is 18.5. The summed E-state index contributed by atoms with van der Waals surface area (Å²) < 4.78 is 103. The fourth-order valence-corrected chi connectivity index (χ4v) is 4.65. The SMILES string of the molecule is CC(C)c1cccc(Oc2cccc(N(Cc3cc(C(F)(F)F)ccc3F)C(CO)c3ccccc3C(F)(F)F)c2)c1. The summed E-state index contributed by atoms with van der Waals surface area (Å²) in [5, 5.41) is 10.4. The van der Waals surface area contributed by atoms with Crippen molar-refractivity contribution in [1.82, 2.24) is 0 Å². The smallest absolute Gasteiger partial charge is 0.416 e. The third-order valence-electron chi connectivity index (χ3n) is 6.80. The third-order valence-corrected chi connectivity index (χ3v) is 6.80. The number of hydrogen-bond donors (Lipinski definition) is 1. The minimum absolute atomic E-state index is 0.195. The Balaban J connectivity index is 1.82. The Morgan fingerprint density at radius 2 is 1.43 bits per heavy atom. The molecule has 1 N–H and O–H groups in total. The summed E-state index contributed by atoms with van der Waals surface area (Å²) in [7, 11) is 0. The molecule has 0 amide bonds. The highest BCUT2D eigenvalue weighted by molar-refractivity contribution is 5.55. The van der Waals surface area contributed by atoms with E-state index in [4.69, 9.17) is 4.74 Å². The van der Waals surface area contributed by atoms with E-state index in [0.717, 1.165) is 11.6 Å². The lowest BCUT2D eigenvalue weighted by Gasteiger charge is -2.35. The Kier molecular flexibility index (Phi) is 9.15. The number of hydrogen-bond acceptors (Lipinski definition) is 3. The van der Waals surface area contributed by atoms with Crippen molar-refractivity contribution in [3.05, 3.63) is 125 Å². The molecule has 0 spiro atoms. The summed E-state index contributed by atoms with van der Waals surface area (Å²) in [5.74, 6) is 0.0158. The lowest BCUT2D eigenvalue weighted by molar-refractivity contribution is -0.139. The van der Waals surface area contributed by atoms with Gasteiger partial charge >= 0.3 is 12.4 Å². The molecule has 222 valence electrons. The van der Waals surface area contributed by atoms with Gasteiger partial charge in [0.1, 0.15) is 17.3 Å². The molecule has 0 bridgehead atoms. The zero-order chi connectivity index (χ0) is 30.7. The van der Waals surface area contributed by atoms with Gasteiger partial charge in [-0.1, -0.05) is 50.2 Å². The maximum absolute atomic E-state index is 14.9. The van der Waals surface area contributed by atoms with Gasteiger partial charge in [0.15, 0.2) is 0 Å². The first-order chi connectivity index (χ1) is 19.8. The summed E-state index contributed by atoms with van der Waals surface area (Å²) in [5.41, 5.74) is -1.68.